The predicted molar refractivity (Wildman–Crippen MR) is 126 cm³/mol. The van der Waals surface area contributed by atoms with Gasteiger partial charge in [0, 0.05) is 34.0 Å². The van der Waals surface area contributed by atoms with Crippen molar-refractivity contribution in [3.8, 4) is 0 Å². The van der Waals surface area contributed by atoms with Crippen LogP contribution in [0.5, 0.6) is 0 Å². The molecule has 0 spiro atoms. The van der Waals surface area contributed by atoms with E-state index in [1.54, 1.807) is 23.9 Å². The van der Waals surface area contributed by atoms with Gasteiger partial charge in [0.2, 0.25) is 0 Å². The lowest BCUT2D eigenvalue weighted by Crippen LogP contribution is -2.13. The summed E-state index contributed by atoms with van der Waals surface area (Å²) in [5, 5.41) is 2.93. The molecule has 0 aliphatic heterocycles. The summed E-state index contributed by atoms with van der Waals surface area (Å²) >= 11 is 7.89. The summed E-state index contributed by atoms with van der Waals surface area (Å²) in [6, 6.07) is 6.31. The zero-order valence-electron chi connectivity index (χ0n) is 18.7. The molecule has 0 aromatic heterocycles. The van der Waals surface area contributed by atoms with Crippen LogP contribution < -0.4 is 5.32 Å². The minimum Gasteiger partial charge on any atom is -0.322 e. The SMILES string of the molecule is CC.CCCC(CSc1cc(C(=O)Nc2cc(F)c(F)c(F)c2)ccc1Cl)CC(C)C. The standard InChI is InChI=1S/C22H25ClF3NOS.C2H6/c1-4-5-14(8-13(2)3)12-29-20-9-15(6-7-17(20)23)22(28)27-16-10-18(24)21(26)19(25)11-16;1-2/h6-7,9-11,13-14H,4-5,8,12H2,1-3H3,(H,27,28);1-2H3. The van der Waals surface area contributed by atoms with Gasteiger partial charge in [-0.05, 0) is 42.9 Å². The van der Waals surface area contributed by atoms with Crippen molar-refractivity contribution in [2.24, 2.45) is 11.8 Å². The first kappa shape index (κ1) is 27.4. The van der Waals surface area contributed by atoms with Crippen LogP contribution in [-0.2, 0) is 0 Å². The number of benzene rings is 2. The highest BCUT2D eigenvalue weighted by molar-refractivity contribution is 7.99. The fourth-order valence-corrected chi connectivity index (χ4v) is 4.55. The fourth-order valence-electron chi connectivity index (χ4n) is 3.14. The third-order valence-corrected chi connectivity index (χ3v) is 6.14. The fraction of sp³-hybridized carbons (Fsp3) is 0.458. The maximum Gasteiger partial charge on any atom is 0.255 e. The molecule has 0 aliphatic rings. The molecule has 0 saturated carbocycles. The molecule has 1 amide bonds. The Morgan fingerprint density at radius 1 is 1.10 bits per heavy atom. The van der Waals surface area contributed by atoms with E-state index in [2.05, 4.69) is 26.1 Å². The second kappa shape index (κ2) is 13.7. The molecule has 0 saturated heterocycles. The molecule has 1 unspecified atom stereocenters. The van der Waals surface area contributed by atoms with E-state index in [0.29, 0.717) is 22.4 Å². The number of carbonyl (C=O) groups excluding carboxylic acids is 1. The van der Waals surface area contributed by atoms with Gasteiger partial charge in [-0.2, -0.15) is 0 Å². The third-order valence-electron chi connectivity index (χ3n) is 4.41. The number of carbonyl (C=O) groups is 1. The van der Waals surface area contributed by atoms with Crippen molar-refractivity contribution in [2.75, 3.05) is 11.1 Å². The number of amides is 1. The van der Waals surface area contributed by atoms with E-state index in [1.165, 1.54) is 6.07 Å². The van der Waals surface area contributed by atoms with Gasteiger partial charge in [0.15, 0.2) is 17.5 Å². The molecule has 0 aliphatic carbocycles. The second-order valence-corrected chi connectivity index (χ2v) is 8.92. The average Bonchev–Trinajstić information content (AvgIpc) is 2.72. The van der Waals surface area contributed by atoms with Gasteiger partial charge in [0.1, 0.15) is 0 Å². The van der Waals surface area contributed by atoms with Crippen molar-refractivity contribution in [2.45, 2.75) is 58.8 Å². The minimum atomic E-state index is -1.57. The smallest absolute Gasteiger partial charge is 0.255 e. The molecule has 172 valence electrons. The van der Waals surface area contributed by atoms with Crippen LogP contribution in [0.3, 0.4) is 0 Å². The van der Waals surface area contributed by atoms with Gasteiger partial charge >= 0.3 is 0 Å². The molecule has 0 fully saturated rings. The van der Waals surface area contributed by atoms with Crippen molar-refractivity contribution in [3.63, 3.8) is 0 Å². The van der Waals surface area contributed by atoms with Crippen LogP contribution in [0.4, 0.5) is 18.9 Å². The summed E-state index contributed by atoms with van der Waals surface area (Å²) in [6.07, 6.45) is 3.36. The number of thioether (sulfide) groups is 1. The van der Waals surface area contributed by atoms with Crippen molar-refractivity contribution >= 4 is 35.0 Å². The molecule has 1 N–H and O–H groups in total. The quantitative estimate of drug-likeness (QED) is 0.292. The Bertz CT molecular complexity index is 838. The van der Waals surface area contributed by atoms with E-state index in [0.717, 1.165) is 42.0 Å². The summed E-state index contributed by atoms with van der Waals surface area (Å²) in [4.78, 5) is 13.2. The van der Waals surface area contributed by atoms with Crippen LogP contribution in [0.25, 0.3) is 0 Å². The highest BCUT2D eigenvalue weighted by atomic mass is 35.5. The van der Waals surface area contributed by atoms with Crippen LogP contribution in [0, 0.1) is 29.3 Å². The Hall–Kier alpha value is -1.66. The highest BCUT2D eigenvalue weighted by Crippen LogP contribution is 2.32. The van der Waals surface area contributed by atoms with E-state index in [4.69, 9.17) is 11.6 Å². The molecular formula is C24H31ClF3NOS. The first-order chi connectivity index (χ1) is 14.7. The number of hydrogen-bond donors (Lipinski definition) is 1. The van der Waals surface area contributed by atoms with E-state index >= 15 is 0 Å². The molecule has 31 heavy (non-hydrogen) atoms. The topological polar surface area (TPSA) is 29.1 Å². The maximum absolute atomic E-state index is 13.4. The van der Waals surface area contributed by atoms with Crippen LogP contribution in [-0.4, -0.2) is 11.7 Å². The Balaban J connectivity index is 0.00000233. The third kappa shape index (κ3) is 8.77. The molecule has 0 radical (unpaired) electrons. The van der Waals surface area contributed by atoms with Gasteiger partial charge in [0.05, 0.1) is 5.02 Å². The summed E-state index contributed by atoms with van der Waals surface area (Å²) in [6.45, 7) is 10.6. The molecule has 0 heterocycles. The molecule has 2 aromatic carbocycles. The normalized spacial score (nSPS) is 11.7. The Morgan fingerprint density at radius 3 is 2.26 bits per heavy atom. The molecular weight excluding hydrogens is 443 g/mol. The first-order valence-corrected chi connectivity index (χ1v) is 12.0. The molecule has 1 atom stereocenters. The zero-order chi connectivity index (χ0) is 23.6. The van der Waals surface area contributed by atoms with Gasteiger partial charge in [-0.15, -0.1) is 11.8 Å². The summed E-state index contributed by atoms with van der Waals surface area (Å²) < 4.78 is 39.8. The number of halogens is 4. The monoisotopic (exact) mass is 473 g/mol. The Kier molecular flexibility index (Phi) is 12.1. The van der Waals surface area contributed by atoms with Gasteiger partial charge in [-0.3, -0.25) is 4.79 Å². The van der Waals surface area contributed by atoms with E-state index in [9.17, 15) is 18.0 Å². The van der Waals surface area contributed by atoms with E-state index < -0.39 is 23.4 Å². The van der Waals surface area contributed by atoms with Crippen LogP contribution in [0.2, 0.25) is 5.02 Å². The van der Waals surface area contributed by atoms with E-state index in [-0.39, 0.29) is 5.69 Å². The Morgan fingerprint density at radius 2 is 1.71 bits per heavy atom. The lowest BCUT2D eigenvalue weighted by atomic mass is 9.95. The van der Waals surface area contributed by atoms with Crippen LogP contribution in [0.1, 0.15) is 64.2 Å². The van der Waals surface area contributed by atoms with Crippen LogP contribution in [0.15, 0.2) is 35.2 Å². The lowest BCUT2D eigenvalue weighted by Gasteiger charge is -2.18. The van der Waals surface area contributed by atoms with Gasteiger partial charge < -0.3 is 5.32 Å². The zero-order valence-corrected chi connectivity index (χ0v) is 20.3. The Labute approximate surface area is 193 Å². The van der Waals surface area contributed by atoms with Crippen molar-refractivity contribution in [1.29, 1.82) is 0 Å². The van der Waals surface area contributed by atoms with Crippen LogP contribution >= 0.6 is 23.4 Å². The molecule has 2 aromatic rings. The average molecular weight is 474 g/mol. The number of anilines is 1. The summed E-state index contributed by atoms with van der Waals surface area (Å²) in [5.74, 6) is -2.79. The highest BCUT2D eigenvalue weighted by Gasteiger charge is 2.16. The second-order valence-electron chi connectivity index (χ2n) is 7.45. The van der Waals surface area contributed by atoms with Gasteiger partial charge in [-0.25, -0.2) is 13.2 Å². The van der Waals surface area contributed by atoms with Gasteiger partial charge in [0.25, 0.3) is 5.91 Å². The van der Waals surface area contributed by atoms with Crippen molar-refractivity contribution < 1.29 is 18.0 Å². The van der Waals surface area contributed by atoms with Crippen molar-refractivity contribution in [1.82, 2.24) is 0 Å². The molecule has 7 heteroatoms. The lowest BCUT2D eigenvalue weighted by molar-refractivity contribution is 0.102. The van der Waals surface area contributed by atoms with E-state index in [1.807, 2.05) is 13.8 Å². The number of hydrogen-bond acceptors (Lipinski definition) is 2. The number of nitrogens with one attached hydrogen (secondary N) is 1. The van der Waals surface area contributed by atoms with Crippen molar-refractivity contribution in [3.05, 3.63) is 58.4 Å². The first-order valence-electron chi connectivity index (χ1n) is 10.6. The largest absolute Gasteiger partial charge is 0.322 e. The molecule has 2 rings (SSSR count). The number of rotatable bonds is 9. The summed E-state index contributed by atoms with van der Waals surface area (Å²) in [7, 11) is 0. The molecule has 0 bridgehead atoms. The summed E-state index contributed by atoms with van der Waals surface area (Å²) in [5.41, 5.74) is 0.147. The minimum absolute atomic E-state index is 0.157. The molecule has 2 nitrogen and oxygen atoms in total. The maximum atomic E-state index is 13.4. The van der Waals surface area contributed by atoms with Gasteiger partial charge in [-0.1, -0.05) is 52.6 Å². The predicted octanol–water partition coefficient (Wildman–Crippen LogP) is 8.59.